The predicted molar refractivity (Wildman–Crippen MR) is 110 cm³/mol. The van der Waals surface area contributed by atoms with Gasteiger partial charge in [0.15, 0.2) is 11.5 Å². The van der Waals surface area contributed by atoms with E-state index >= 15 is 0 Å². The summed E-state index contributed by atoms with van der Waals surface area (Å²) in [7, 11) is 1.55. The normalized spacial score (nSPS) is 10.9. The Morgan fingerprint density at radius 3 is 2.64 bits per heavy atom. The number of amides is 1. The summed E-state index contributed by atoms with van der Waals surface area (Å²) < 4.78 is 28.0. The van der Waals surface area contributed by atoms with Crippen molar-refractivity contribution in [3.63, 3.8) is 0 Å². The van der Waals surface area contributed by atoms with Crippen LogP contribution in [0.4, 0.5) is 4.39 Å². The molecule has 0 atom stereocenters. The van der Waals surface area contributed by atoms with Crippen molar-refractivity contribution < 1.29 is 18.7 Å². The Morgan fingerprint density at radius 1 is 1.25 bits per heavy atom. The van der Waals surface area contributed by atoms with E-state index in [1.807, 2.05) is 12.1 Å². The lowest BCUT2D eigenvalue weighted by Crippen LogP contribution is -2.33. The molecule has 0 heterocycles. The number of nitrogens with one attached hydrogen (secondary N) is 1. The van der Waals surface area contributed by atoms with Gasteiger partial charge in [0.25, 0.3) is 5.91 Å². The van der Waals surface area contributed by atoms with Crippen LogP contribution in [0.5, 0.6) is 11.5 Å². The van der Waals surface area contributed by atoms with Gasteiger partial charge in [-0.3, -0.25) is 4.79 Å². The van der Waals surface area contributed by atoms with Crippen molar-refractivity contribution >= 4 is 23.6 Å². The van der Waals surface area contributed by atoms with Gasteiger partial charge in [0.1, 0.15) is 18.1 Å². The van der Waals surface area contributed by atoms with Gasteiger partial charge in [0.05, 0.1) is 7.11 Å². The van der Waals surface area contributed by atoms with Crippen molar-refractivity contribution in [3.05, 3.63) is 59.4 Å². The molecule has 1 amide bonds. The fraction of sp³-hybridized carbons (Fsp3) is 0.238. The topological polar surface area (TPSA) is 59.9 Å². The summed E-state index contributed by atoms with van der Waals surface area (Å²) in [5.41, 5.74) is 1.78. The van der Waals surface area contributed by atoms with Crippen LogP contribution in [0.2, 0.25) is 0 Å². The van der Waals surface area contributed by atoms with E-state index in [1.165, 1.54) is 36.2 Å². The van der Waals surface area contributed by atoms with Gasteiger partial charge < -0.3 is 14.8 Å². The summed E-state index contributed by atoms with van der Waals surface area (Å²) in [5, 5.41) is 2.84. The minimum atomic E-state index is -0.365. The SMILES string of the molecule is C#CCOc1ccc(CCNC(=O)/C(=N\SC)c2ccc(F)cc2)cc1OC. The maximum Gasteiger partial charge on any atom is 0.271 e. The zero-order valence-corrected chi connectivity index (χ0v) is 16.5. The second kappa shape index (κ2) is 11.0. The van der Waals surface area contributed by atoms with Gasteiger partial charge in [-0.25, -0.2) is 8.79 Å². The molecule has 28 heavy (non-hydrogen) atoms. The maximum absolute atomic E-state index is 13.1. The lowest BCUT2D eigenvalue weighted by atomic mass is 10.1. The number of benzene rings is 2. The smallest absolute Gasteiger partial charge is 0.271 e. The summed E-state index contributed by atoms with van der Waals surface area (Å²) >= 11 is 1.17. The van der Waals surface area contributed by atoms with Crippen LogP contribution in [0.15, 0.2) is 46.9 Å². The molecule has 2 rings (SSSR count). The molecule has 2 aromatic carbocycles. The number of terminal acetylenes is 1. The van der Waals surface area contributed by atoms with Gasteiger partial charge in [0.2, 0.25) is 0 Å². The molecule has 0 saturated carbocycles. The molecule has 0 aliphatic heterocycles. The molecule has 0 aliphatic rings. The number of carbonyl (C=O) groups excluding carboxylic acids is 1. The molecule has 0 fully saturated rings. The lowest BCUT2D eigenvalue weighted by Gasteiger charge is -2.11. The number of halogens is 1. The first-order valence-corrected chi connectivity index (χ1v) is 9.65. The quantitative estimate of drug-likeness (QED) is 0.399. The maximum atomic E-state index is 13.1. The van der Waals surface area contributed by atoms with Crippen LogP contribution in [-0.4, -0.2) is 38.1 Å². The molecular weight excluding hydrogens is 379 g/mol. The highest BCUT2D eigenvalue weighted by atomic mass is 32.2. The average molecular weight is 400 g/mol. The van der Waals surface area contributed by atoms with Crippen LogP contribution < -0.4 is 14.8 Å². The Labute approximate surface area is 168 Å². The summed E-state index contributed by atoms with van der Waals surface area (Å²) in [5.74, 6) is 2.87. The number of ether oxygens (including phenoxy) is 2. The third-order valence-corrected chi connectivity index (χ3v) is 4.12. The number of rotatable bonds is 9. The molecular formula is C21H21FN2O3S. The highest BCUT2D eigenvalue weighted by Crippen LogP contribution is 2.28. The van der Waals surface area contributed by atoms with Crippen molar-refractivity contribution in [1.82, 2.24) is 5.32 Å². The summed E-state index contributed by atoms with van der Waals surface area (Å²) in [6.45, 7) is 0.563. The van der Waals surface area contributed by atoms with E-state index in [4.69, 9.17) is 15.9 Å². The first kappa shape index (κ1) is 21.3. The van der Waals surface area contributed by atoms with Gasteiger partial charge in [-0.05, 0) is 60.3 Å². The zero-order valence-electron chi connectivity index (χ0n) is 15.7. The number of hydrogen-bond acceptors (Lipinski definition) is 5. The van der Waals surface area contributed by atoms with E-state index in [2.05, 4.69) is 15.6 Å². The molecule has 2 aromatic rings. The molecule has 0 spiro atoms. The molecule has 0 aromatic heterocycles. The van der Waals surface area contributed by atoms with E-state index in [-0.39, 0.29) is 24.0 Å². The first-order chi connectivity index (χ1) is 13.6. The van der Waals surface area contributed by atoms with Crippen LogP contribution in [0.25, 0.3) is 0 Å². The number of nitrogens with zero attached hydrogens (tertiary/aromatic N) is 1. The summed E-state index contributed by atoms with van der Waals surface area (Å²) in [6, 6.07) is 11.2. The van der Waals surface area contributed by atoms with Crippen LogP contribution in [0.3, 0.4) is 0 Å². The Kier molecular flexibility index (Phi) is 8.37. The molecule has 0 unspecified atom stereocenters. The van der Waals surface area contributed by atoms with Crippen LogP contribution in [0, 0.1) is 18.2 Å². The Morgan fingerprint density at radius 2 is 2.00 bits per heavy atom. The van der Waals surface area contributed by atoms with Crippen molar-refractivity contribution in [2.45, 2.75) is 6.42 Å². The minimum absolute atomic E-state index is 0.159. The van der Waals surface area contributed by atoms with E-state index in [0.717, 1.165) is 5.56 Å². The van der Waals surface area contributed by atoms with Crippen LogP contribution in [-0.2, 0) is 11.2 Å². The van der Waals surface area contributed by atoms with Gasteiger partial charge in [0, 0.05) is 18.4 Å². The summed E-state index contributed by atoms with van der Waals surface area (Å²) in [4.78, 5) is 12.5. The highest BCUT2D eigenvalue weighted by molar-refractivity contribution is 7.97. The fourth-order valence-electron chi connectivity index (χ4n) is 2.43. The largest absolute Gasteiger partial charge is 0.493 e. The Balaban J connectivity index is 1.99. The Bertz CT molecular complexity index is 876. The Hall–Kier alpha value is -2.98. The molecule has 0 aliphatic carbocycles. The van der Waals surface area contributed by atoms with E-state index < -0.39 is 0 Å². The van der Waals surface area contributed by atoms with Crippen LogP contribution >= 0.6 is 11.9 Å². The van der Waals surface area contributed by atoms with Gasteiger partial charge in [-0.1, -0.05) is 12.0 Å². The monoisotopic (exact) mass is 400 g/mol. The van der Waals surface area contributed by atoms with Crippen molar-refractivity contribution in [2.24, 2.45) is 4.40 Å². The molecule has 0 radical (unpaired) electrons. The molecule has 1 N–H and O–H groups in total. The predicted octanol–water partition coefficient (Wildman–Crippen LogP) is 3.27. The zero-order chi connectivity index (χ0) is 20.4. The lowest BCUT2D eigenvalue weighted by molar-refractivity contribution is -0.114. The van der Waals surface area contributed by atoms with Gasteiger partial charge in [-0.2, -0.15) is 0 Å². The summed E-state index contributed by atoms with van der Waals surface area (Å²) in [6.07, 6.45) is 7.55. The van der Waals surface area contributed by atoms with Crippen LogP contribution in [0.1, 0.15) is 11.1 Å². The highest BCUT2D eigenvalue weighted by Gasteiger charge is 2.14. The number of carbonyl (C=O) groups is 1. The van der Waals surface area contributed by atoms with Gasteiger partial charge >= 0.3 is 0 Å². The van der Waals surface area contributed by atoms with Gasteiger partial charge in [-0.15, -0.1) is 6.42 Å². The van der Waals surface area contributed by atoms with E-state index in [0.29, 0.717) is 30.0 Å². The second-order valence-corrected chi connectivity index (χ2v) is 6.16. The number of methoxy groups -OCH3 is 1. The minimum Gasteiger partial charge on any atom is -0.493 e. The van der Waals surface area contributed by atoms with Crippen molar-refractivity contribution in [2.75, 3.05) is 26.5 Å². The van der Waals surface area contributed by atoms with E-state index in [9.17, 15) is 9.18 Å². The van der Waals surface area contributed by atoms with E-state index in [1.54, 1.807) is 19.4 Å². The fourth-order valence-corrected chi connectivity index (χ4v) is 2.81. The second-order valence-electron chi connectivity index (χ2n) is 5.61. The molecule has 7 heteroatoms. The molecule has 146 valence electrons. The van der Waals surface area contributed by atoms with Crippen molar-refractivity contribution in [1.29, 1.82) is 0 Å². The third kappa shape index (κ3) is 6.03. The third-order valence-electron chi connectivity index (χ3n) is 3.75. The first-order valence-electron chi connectivity index (χ1n) is 8.47. The molecule has 0 bridgehead atoms. The standard InChI is InChI=1S/C21H21FN2O3S/c1-4-13-27-18-10-5-15(14-19(18)26-2)11-12-23-21(25)20(24-28-3)16-6-8-17(22)9-7-16/h1,5-10,14H,11-13H2,2-3H3,(H,23,25)/b24-20-. The average Bonchev–Trinajstić information content (AvgIpc) is 2.71. The molecule has 5 nitrogen and oxygen atoms in total. The van der Waals surface area contributed by atoms with Crippen molar-refractivity contribution in [3.8, 4) is 23.8 Å². The number of hydrogen-bond donors (Lipinski definition) is 1. The molecule has 0 saturated heterocycles.